The van der Waals surface area contributed by atoms with Crippen molar-refractivity contribution in [2.24, 2.45) is 0 Å². The highest BCUT2D eigenvalue weighted by atomic mass is 19.1. The van der Waals surface area contributed by atoms with Crippen molar-refractivity contribution in [1.29, 1.82) is 0 Å². The molecule has 10 heteroatoms. The number of H-pyrrole nitrogens is 1. The van der Waals surface area contributed by atoms with Crippen LogP contribution in [0.1, 0.15) is 31.9 Å². The number of ether oxygens (including phenoxy) is 2. The summed E-state index contributed by atoms with van der Waals surface area (Å²) in [5, 5.41) is 14.7. The van der Waals surface area contributed by atoms with Crippen LogP contribution in [0, 0.1) is 12.7 Å². The lowest BCUT2D eigenvalue weighted by Gasteiger charge is -2.18. The summed E-state index contributed by atoms with van der Waals surface area (Å²) < 4.78 is 28.4. The number of rotatable bonds is 7. The summed E-state index contributed by atoms with van der Waals surface area (Å²) in [6, 6.07) is 10.4. The minimum absolute atomic E-state index is 0.123. The predicted octanol–water partition coefficient (Wildman–Crippen LogP) is 6.01. The number of amides is 1. The fraction of sp³-hybridized carbons (Fsp3) is 0.241. The molecule has 5 rings (SSSR count). The Kier molecular flexibility index (Phi) is 6.78. The molecule has 0 unspecified atom stereocenters. The molecule has 5 aromatic rings. The first kappa shape index (κ1) is 25.9. The molecule has 0 aliphatic rings. The molecule has 0 aliphatic carbocycles. The monoisotopic (exact) mass is 528 g/mol. The minimum Gasteiger partial charge on any atom is -0.481 e. The maximum absolute atomic E-state index is 15.1. The van der Waals surface area contributed by atoms with E-state index in [4.69, 9.17) is 9.47 Å². The van der Waals surface area contributed by atoms with Gasteiger partial charge in [-0.1, -0.05) is 6.07 Å². The molecule has 0 saturated carbocycles. The smallest absolute Gasteiger partial charge is 0.228 e. The second-order valence-corrected chi connectivity index (χ2v) is 10.2. The van der Waals surface area contributed by atoms with Crippen molar-refractivity contribution in [1.82, 2.24) is 25.0 Å². The lowest BCUT2D eigenvalue weighted by molar-refractivity contribution is -0.115. The third-order valence-corrected chi connectivity index (χ3v) is 6.29. The van der Waals surface area contributed by atoms with E-state index in [9.17, 15) is 4.79 Å². The molecule has 1 amide bonds. The number of methoxy groups -OCH3 is 1. The SMILES string of the molecule is COc1[nH]ncc1-c1ccc2nccc(Oc3cc(F)c(CC(=O)Nc4cnn(C(C)(C)C)c4)cc3C)c2c1. The molecule has 0 fully saturated rings. The number of hydrogen-bond acceptors (Lipinski definition) is 6. The number of aromatic nitrogens is 5. The molecule has 0 aliphatic heterocycles. The van der Waals surface area contributed by atoms with Crippen molar-refractivity contribution in [3.8, 4) is 28.5 Å². The second kappa shape index (κ2) is 10.2. The van der Waals surface area contributed by atoms with E-state index in [1.165, 1.54) is 6.07 Å². The average molecular weight is 529 g/mol. The number of benzene rings is 2. The molecule has 2 N–H and O–H groups in total. The third-order valence-electron chi connectivity index (χ3n) is 6.29. The molecule has 200 valence electrons. The van der Waals surface area contributed by atoms with Crippen molar-refractivity contribution < 1.29 is 18.7 Å². The van der Waals surface area contributed by atoms with Crippen molar-refractivity contribution in [2.45, 2.75) is 39.7 Å². The van der Waals surface area contributed by atoms with Crippen LogP contribution in [-0.4, -0.2) is 38.0 Å². The van der Waals surface area contributed by atoms with Gasteiger partial charge in [0.15, 0.2) is 0 Å². The topological polar surface area (TPSA) is 107 Å². The molecule has 39 heavy (non-hydrogen) atoms. The van der Waals surface area contributed by atoms with Crippen LogP contribution in [0.2, 0.25) is 0 Å². The number of anilines is 1. The standard InChI is InChI=1S/C29H29FN6O3/c1-17-10-19(12-27(37)34-20-14-33-36(16-20)29(2,3)4)23(30)13-26(17)39-25-8-9-31-24-7-6-18(11-21(24)25)22-15-32-35-28(22)38-5/h6-11,13-16H,12H2,1-5H3,(H,32,35)(H,34,37). The second-order valence-electron chi connectivity index (χ2n) is 10.2. The highest BCUT2D eigenvalue weighted by molar-refractivity contribution is 5.92. The van der Waals surface area contributed by atoms with E-state index < -0.39 is 5.82 Å². The van der Waals surface area contributed by atoms with Crippen LogP contribution in [0.25, 0.3) is 22.0 Å². The van der Waals surface area contributed by atoms with Gasteiger partial charge in [-0.05, 0) is 68.7 Å². The Hall–Kier alpha value is -4.73. The van der Waals surface area contributed by atoms with Crippen molar-refractivity contribution >= 4 is 22.5 Å². The number of carbonyl (C=O) groups excluding carboxylic acids is 1. The molecule has 0 saturated heterocycles. The van der Waals surface area contributed by atoms with Crippen molar-refractivity contribution in [2.75, 3.05) is 12.4 Å². The van der Waals surface area contributed by atoms with Gasteiger partial charge in [0.25, 0.3) is 0 Å². The van der Waals surface area contributed by atoms with Crippen LogP contribution >= 0.6 is 0 Å². The molecule has 0 radical (unpaired) electrons. The lowest BCUT2D eigenvalue weighted by Crippen LogP contribution is -2.22. The van der Waals surface area contributed by atoms with Crippen LogP contribution in [-0.2, 0) is 16.8 Å². The molecule has 0 atom stereocenters. The Labute approximate surface area is 225 Å². The molecule has 0 spiro atoms. The zero-order valence-corrected chi connectivity index (χ0v) is 22.4. The van der Waals surface area contributed by atoms with E-state index >= 15 is 4.39 Å². The largest absolute Gasteiger partial charge is 0.481 e. The summed E-state index contributed by atoms with van der Waals surface area (Å²) >= 11 is 0. The first-order valence-electron chi connectivity index (χ1n) is 12.4. The molecular weight excluding hydrogens is 499 g/mol. The van der Waals surface area contributed by atoms with Crippen LogP contribution < -0.4 is 14.8 Å². The number of nitrogens with one attached hydrogen (secondary N) is 2. The van der Waals surface area contributed by atoms with E-state index in [-0.39, 0.29) is 23.4 Å². The number of fused-ring (bicyclic) bond motifs is 1. The number of pyridine rings is 1. The lowest BCUT2D eigenvalue weighted by atomic mass is 10.0. The Morgan fingerprint density at radius 1 is 1.13 bits per heavy atom. The van der Waals surface area contributed by atoms with Gasteiger partial charge >= 0.3 is 0 Å². The van der Waals surface area contributed by atoms with Gasteiger partial charge in [-0.15, -0.1) is 0 Å². The van der Waals surface area contributed by atoms with E-state index in [1.807, 2.05) is 45.9 Å². The fourth-order valence-electron chi connectivity index (χ4n) is 4.23. The minimum atomic E-state index is -0.529. The molecule has 3 aromatic heterocycles. The predicted molar refractivity (Wildman–Crippen MR) is 147 cm³/mol. The number of carbonyl (C=O) groups is 1. The van der Waals surface area contributed by atoms with E-state index in [0.717, 1.165) is 22.0 Å². The van der Waals surface area contributed by atoms with Gasteiger partial charge in [0.2, 0.25) is 11.8 Å². The summed E-state index contributed by atoms with van der Waals surface area (Å²) in [6.07, 6.45) is 6.53. The van der Waals surface area contributed by atoms with Gasteiger partial charge in [0, 0.05) is 23.8 Å². The highest BCUT2D eigenvalue weighted by Crippen LogP contribution is 2.36. The zero-order valence-electron chi connectivity index (χ0n) is 22.4. The highest BCUT2D eigenvalue weighted by Gasteiger charge is 2.17. The molecule has 9 nitrogen and oxygen atoms in total. The van der Waals surface area contributed by atoms with Crippen LogP contribution in [0.4, 0.5) is 10.1 Å². The van der Waals surface area contributed by atoms with Gasteiger partial charge in [-0.3, -0.25) is 14.5 Å². The van der Waals surface area contributed by atoms with Crippen LogP contribution in [0.15, 0.2) is 61.2 Å². The molecule has 3 heterocycles. The van der Waals surface area contributed by atoms with E-state index in [2.05, 4.69) is 25.6 Å². The Morgan fingerprint density at radius 2 is 1.95 bits per heavy atom. The molecular formula is C29H29FN6O3. The van der Waals surface area contributed by atoms with E-state index in [1.54, 1.807) is 48.7 Å². The maximum atomic E-state index is 15.1. The van der Waals surface area contributed by atoms with Gasteiger partial charge in [-0.2, -0.15) is 10.2 Å². The van der Waals surface area contributed by atoms with Gasteiger partial charge < -0.3 is 14.8 Å². The van der Waals surface area contributed by atoms with Gasteiger partial charge in [-0.25, -0.2) is 9.49 Å². The van der Waals surface area contributed by atoms with Crippen LogP contribution in [0.3, 0.4) is 0 Å². The van der Waals surface area contributed by atoms with E-state index in [0.29, 0.717) is 28.6 Å². The summed E-state index contributed by atoms with van der Waals surface area (Å²) in [7, 11) is 1.57. The maximum Gasteiger partial charge on any atom is 0.228 e. The van der Waals surface area contributed by atoms with Gasteiger partial charge in [0.05, 0.1) is 48.2 Å². The quantitative estimate of drug-likeness (QED) is 0.268. The summed E-state index contributed by atoms with van der Waals surface area (Å²) in [4.78, 5) is 17.1. The Bertz CT molecular complexity index is 1670. The Morgan fingerprint density at radius 3 is 2.69 bits per heavy atom. The summed E-state index contributed by atoms with van der Waals surface area (Å²) in [6.45, 7) is 7.85. The molecule has 2 aromatic carbocycles. The Balaban J connectivity index is 1.37. The van der Waals surface area contributed by atoms with Gasteiger partial charge in [0.1, 0.15) is 17.3 Å². The first-order chi connectivity index (χ1) is 18.6. The zero-order chi connectivity index (χ0) is 27.7. The van der Waals surface area contributed by atoms with Crippen molar-refractivity contribution in [3.63, 3.8) is 0 Å². The van der Waals surface area contributed by atoms with Crippen LogP contribution in [0.5, 0.6) is 17.4 Å². The summed E-state index contributed by atoms with van der Waals surface area (Å²) in [5.41, 5.74) is 3.69. The molecule has 0 bridgehead atoms. The number of aromatic amines is 1. The third kappa shape index (κ3) is 5.45. The number of aryl methyl sites for hydroxylation is 1. The average Bonchev–Trinajstić information content (AvgIpc) is 3.56. The number of halogens is 1. The summed E-state index contributed by atoms with van der Waals surface area (Å²) in [5.74, 6) is 0.549. The number of hydrogen-bond donors (Lipinski definition) is 2. The van der Waals surface area contributed by atoms with Crippen molar-refractivity contribution in [3.05, 3.63) is 78.1 Å². The fourth-order valence-corrected chi connectivity index (χ4v) is 4.23. The first-order valence-corrected chi connectivity index (χ1v) is 12.4. The number of nitrogens with zero attached hydrogens (tertiary/aromatic N) is 4. The normalized spacial score (nSPS) is 11.5.